The second-order valence-corrected chi connectivity index (χ2v) is 7.23. The summed E-state index contributed by atoms with van der Waals surface area (Å²) in [6.45, 7) is 6.12. The van der Waals surface area contributed by atoms with E-state index in [1.807, 2.05) is 20.8 Å². The molecule has 0 aliphatic heterocycles. The van der Waals surface area contributed by atoms with Gasteiger partial charge in [-0.2, -0.15) is 13.7 Å². The van der Waals surface area contributed by atoms with Crippen molar-refractivity contribution in [1.29, 1.82) is 5.26 Å². The number of aromatic nitrogens is 2. The molecule has 114 valence electrons. The van der Waals surface area contributed by atoms with Gasteiger partial charge >= 0.3 is 10.1 Å². The van der Waals surface area contributed by atoms with Gasteiger partial charge in [0.1, 0.15) is 11.0 Å². The Morgan fingerprint density at radius 2 is 1.68 bits per heavy atom. The van der Waals surface area contributed by atoms with Crippen LogP contribution in [0.3, 0.4) is 0 Å². The molecule has 0 aliphatic carbocycles. The highest BCUT2D eigenvalue weighted by atomic mass is 32.2. The fourth-order valence-electron chi connectivity index (χ4n) is 1.71. The molecule has 2 aromatic rings. The Morgan fingerprint density at radius 1 is 1.05 bits per heavy atom. The lowest BCUT2D eigenvalue weighted by Crippen LogP contribution is -2.13. The van der Waals surface area contributed by atoms with Crippen molar-refractivity contribution in [1.82, 2.24) is 10.2 Å². The molecule has 0 saturated heterocycles. The van der Waals surface area contributed by atoms with Crippen LogP contribution in [-0.2, 0) is 15.5 Å². The average molecular weight is 317 g/mol. The summed E-state index contributed by atoms with van der Waals surface area (Å²) in [6.07, 6.45) is 0. The molecule has 1 heterocycles. The number of hydrogen-bond donors (Lipinski definition) is 0. The first-order valence-electron chi connectivity index (χ1n) is 6.51. The largest absolute Gasteiger partial charge is 0.357 e. The van der Waals surface area contributed by atoms with Gasteiger partial charge in [0.25, 0.3) is 5.88 Å². The number of nitrogens with zero attached hydrogens (tertiary/aromatic N) is 3. The van der Waals surface area contributed by atoms with Crippen LogP contribution in [0.1, 0.15) is 32.0 Å². The molecule has 1 aromatic carbocycles. The van der Waals surface area contributed by atoms with E-state index in [4.69, 9.17) is 9.44 Å². The van der Waals surface area contributed by atoms with E-state index in [0.29, 0.717) is 0 Å². The molecule has 1 aromatic heterocycles. The summed E-state index contributed by atoms with van der Waals surface area (Å²) in [4.78, 5) is 0.0339. The van der Waals surface area contributed by atoms with Crippen LogP contribution in [0.5, 0.6) is 5.88 Å². The third kappa shape index (κ3) is 3.59. The van der Waals surface area contributed by atoms with Crippen LogP contribution in [0.25, 0.3) is 0 Å². The van der Waals surface area contributed by atoms with Gasteiger partial charge < -0.3 is 4.18 Å². The fraction of sp³-hybridized carbons (Fsp3) is 0.267. The zero-order valence-electron chi connectivity index (χ0n) is 12.4. The Kier molecular flexibility index (Phi) is 4.15. The number of rotatable bonds is 3. The standard InChI is InChI=1S/C15H15N3O3S/c1-15(2,3)11-4-7-13(8-5-11)22(19,20)21-14-9-6-12(10-16)17-18-14/h4-9H,1-3H3. The molecule has 0 fully saturated rings. The second-order valence-electron chi connectivity index (χ2n) is 5.68. The highest BCUT2D eigenvalue weighted by molar-refractivity contribution is 7.87. The molecular weight excluding hydrogens is 302 g/mol. The molecule has 6 nitrogen and oxygen atoms in total. The van der Waals surface area contributed by atoms with Gasteiger partial charge in [-0.15, -0.1) is 10.2 Å². The molecular formula is C15H15N3O3S. The van der Waals surface area contributed by atoms with E-state index in [2.05, 4.69) is 10.2 Å². The summed E-state index contributed by atoms with van der Waals surface area (Å²) in [7, 11) is -3.98. The molecule has 0 bridgehead atoms. The van der Waals surface area contributed by atoms with Crippen molar-refractivity contribution in [3.8, 4) is 11.9 Å². The second kappa shape index (κ2) is 5.73. The van der Waals surface area contributed by atoms with Crippen LogP contribution >= 0.6 is 0 Å². The predicted molar refractivity (Wildman–Crippen MR) is 79.7 cm³/mol. The van der Waals surface area contributed by atoms with E-state index in [-0.39, 0.29) is 21.9 Å². The molecule has 7 heteroatoms. The predicted octanol–water partition coefficient (Wildman–Crippen LogP) is 2.41. The van der Waals surface area contributed by atoms with Crippen molar-refractivity contribution >= 4 is 10.1 Å². The van der Waals surface area contributed by atoms with Crippen molar-refractivity contribution in [2.75, 3.05) is 0 Å². The lowest BCUT2D eigenvalue weighted by atomic mass is 9.87. The summed E-state index contributed by atoms with van der Waals surface area (Å²) in [6, 6.07) is 10.9. The lowest BCUT2D eigenvalue weighted by molar-refractivity contribution is 0.471. The minimum absolute atomic E-state index is 0.0339. The average Bonchev–Trinajstić information content (AvgIpc) is 2.47. The van der Waals surface area contributed by atoms with Crippen LogP contribution in [0.4, 0.5) is 0 Å². The summed E-state index contributed by atoms with van der Waals surface area (Å²) in [5.41, 5.74) is 1.03. The summed E-state index contributed by atoms with van der Waals surface area (Å²) in [5.74, 6) is -0.182. The van der Waals surface area contributed by atoms with Crippen molar-refractivity contribution in [2.24, 2.45) is 0 Å². The summed E-state index contributed by atoms with van der Waals surface area (Å²) in [5, 5.41) is 15.7. The molecule has 0 unspecified atom stereocenters. The molecule has 0 N–H and O–H groups in total. The zero-order valence-corrected chi connectivity index (χ0v) is 13.3. The van der Waals surface area contributed by atoms with E-state index in [1.165, 1.54) is 24.3 Å². The minimum atomic E-state index is -3.98. The van der Waals surface area contributed by atoms with E-state index in [1.54, 1.807) is 18.2 Å². The first-order valence-corrected chi connectivity index (χ1v) is 7.92. The van der Waals surface area contributed by atoms with Gasteiger partial charge in [0, 0.05) is 6.07 Å². The molecule has 0 aliphatic rings. The van der Waals surface area contributed by atoms with Gasteiger partial charge in [0.2, 0.25) is 0 Å². The Hall–Kier alpha value is -2.46. The lowest BCUT2D eigenvalue weighted by Gasteiger charge is -2.19. The summed E-state index contributed by atoms with van der Waals surface area (Å²) >= 11 is 0. The molecule has 22 heavy (non-hydrogen) atoms. The van der Waals surface area contributed by atoms with Gasteiger partial charge in [0.05, 0.1) is 0 Å². The Bertz CT molecular complexity index is 799. The van der Waals surface area contributed by atoms with Crippen LogP contribution in [0.2, 0.25) is 0 Å². The van der Waals surface area contributed by atoms with E-state index >= 15 is 0 Å². The maximum Gasteiger partial charge on any atom is 0.340 e. The number of benzene rings is 1. The summed E-state index contributed by atoms with van der Waals surface area (Å²) < 4.78 is 29.2. The maximum absolute atomic E-state index is 12.2. The molecule has 0 radical (unpaired) electrons. The highest BCUT2D eigenvalue weighted by Crippen LogP contribution is 2.24. The van der Waals surface area contributed by atoms with Gasteiger partial charge in [-0.3, -0.25) is 0 Å². The Balaban J connectivity index is 2.24. The van der Waals surface area contributed by atoms with Gasteiger partial charge in [-0.05, 0) is 29.2 Å². The third-order valence-electron chi connectivity index (χ3n) is 2.96. The molecule has 0 atom stereocenters. The van der Waals surface area contributed by atoms with Crippen LogP contribution in [0.15, 0.2) is 41.3 Å². The van der Waals surface area contributed by atoms with Crippen LogP contribution in [0, 0.1) is 11.3 Å². The highest BCUT2D eigenvalue weighted by Gasteiger charge is 2.20. The number of nitriles is 1. The Labute approximate surface area is 129 Å². The van der Waals surface area contributed by atoms with Crippen molar-refractivity contribution in [2.45, 2.75) is 31.1 Å². The maximum atomic E-state index is 12.2. The van der Waals surface area contributed by atoms with Crippen molar-refractivity contribution in [3.63, 3.8) is 0 Å². The monoisotopic (exact) mass is 317 g/mol. The van der Waals surface area contributed by atoms with Gasteiger partial charge in [-0.1, -0.05) is 32.9 Å². The fourth-order valence-corrected chi connectivity index (χ4v) is 2.59. The molecule has 0 amide bonds. The number of hydrogen-bond acceptors (Lipinski definition) is 6. The quantitative estimate of drug-likeness (QED) is 0.807. The SMILES string of the molecule is CC(C)(C)c1ccc(S(=O)(=O)Oc2ccc(C#N)nn2)cc1. The first-order chi connectivity index (χ1) is 10.2. The van der Waals surface area contributed by atoms with E-state index in [9.17, 15) is 8.42 Å². The Morgan fingerprint density at radius 3 is 2.14 bits per heavy atom. The van der Waals surface area contributed by atoms with Crippen LogP contribution in [-0.4, -0.2) is 18.6 Å². The van der Waals surface area contributed by atoms with E-state index < -0.39 is 10.1 Å². The molecule has 0 spiro atoms. The molecule has 2 rings (SSSR count). The van der Waals surface area contributed by atoms with Crippen LogP contribution < -0.4 is 4.18 Å². The zero-order chi connectivity index (χ0) is 16.4. The first kappa shape index (κ1) is 15.9. The smallest absolute Gasteiger partial charge is 0.340 e. The van der Waals surface area contributed by atoms with Crippen molar-refractivity contribution < 1.29 is 12.6 Å². The third-order valence-corrected chi connectivity index (χ3v) is 4.20. The van der Waals surface area contributed by atoms with E-state index in [0.717, 1.165) is 5.56 Å². The van der Waals surface area contributed by atoms with Crippen molar-refractivity contribution in [3.05, 3.63) is 47.7 Å². The minimum Gasteiger partial charge on any atom is -0.357 e. The van der Waals surface area contributed by atoms with Gasteiger partial charge in [-0.25, -0.2) is 0 Å². The molecule has 0 saturated carbocycles. The van der Waals surface area contributed by atoms with Gasteiger partial charge in [0.15, 0.2) is 5.69 Å². The normalized spacial score (nSPS) is 11.7. The topological polar surface area (TPSA) is 92.9 Å².